The fourth-order valence-electron chi connectivity index (χ4n) is 3.52. The van der Waals surface area contributed by atoms with E-state index in [2.05, 4.69) is 26.8 Å². The van der Waals surface area contributed by atoms with Gasteiger partial charge >= 0.3 is 0 Å². The van der Waals surface area contributed by atoms with Crippen molar-refractivity contribution in [2.75, 3.05) is 0 Å². The molecule has 0 spiro atoms. The molecule has 0 amide bonds. The van der Waals surface area contributed by atoms with Crippen LogP contribution in [0.25, 0.3) is 0 Å². The summed E-state index contributed by atoms with van der Waals surface area (Å²) < 4.78 is 19.0. The minimum Gasteiger partial charge on any atom is -0.362 e. The molecule has 1 aromatic rings. The predicted octanol–water partition coefficient (Wildman–Crippen LogP) is 4.48. The van der Waals surface area contributed by atoms with Crippen LogP contribution in [0.4, 0.5) is 0 Å². The maximum Gasteiger partial charge on any atom is 0.113 e. The molecule has 1 unspecified atom stereocenters. The van der Waals surface area contributed by atoms with Gasteiger partial charge in [0.2, 0.25) is 0 Å². The van der Waals surface area contributed by atoms with Crippen molar-refractivity contribution >= 4 is 10.8 Å². The van der Waals surface area contributed by atoms with Crippen molar-refractivity contribution in [1.82, 2.24) is 0 Å². The van der Waals surface area contributed by atoms with E-state index in [4.69, 9.17) is 4.74 Å². The molecule has 1 aliphatic carbocycles. The zero-order chi connectivity index (χ0) is 15.7. The van der Waals surface area contributed by atoms with E-state index >= 15 is 0 Å². The molecule has 2 nitrogen and oxygen atoms in total. The Hall–Kier alpha value is -0.930. The van der Waals surface area contributed by atoms with Gasteiger partial charge in [0.25, 0.3) is 0 Å². The van der Waals surface area contributed by atoms with Crippen LogP contribution in [-0.2, 0) is 15.5 Å². The molecule has 120 valence electrons. The first-order valence-corrected chi connectivity index (χ1v) is 9.56. The number of hydrogen-bond donors (Lipinski definition) is 0. The fraction of sp³-hybridized carbons (Fsp3) is 0.579. The Morgan fingerprint density at radius 1 is 1.27 bits per heavy atom. The quantitative estimate of drug-likeness (QED) is 0.607. The van der Waals surface area contributed by atoms with E-state index in [-0.39, 0.29) is 10.9 Å². The lowest BCUT2D eigenvalue weighted by Crippen LogP contribution is -2.25. The van der Waals surface area contributed by atoms with Gasteiger partial charge in [0, 0.05) is 10.1 Å². The van der Waals surface area contributed by atoms with Gasteiger partial charge in [-0.2, -0.15) is 0 Å². The topological polar surface area (TPSA) is 29.6 Å². The highest BCUT2D eigenvalue weighted by molar-refractivity contribution is 7.85. The second kappa shape index (κ2) is 6.29. The maximum absolute atomic E-state index is 13.0. The Labute approximate surface area is 136 Å². The number of allylic oxidation sites excluding steroid dienone is 1. The van der Waals surface area contributed by atoms with E-state index in [0.29, 0.717) is 12.0 Å². The van der Waals surface area contributed by atoms with E-state index in [1.807, 2.05) is 30.3 Å². The molecule has 3 heteroatoms. The first kappa shape index (κ1) is 15.9. The Balaban J connectivity index is 1.84. The fourth-order valence-corrected chi connectivity index (χ4v) is 5.05. The molecule has 0 aromatic heterocycles. The van der Waals surface area contributed by atoms with Crippen LogP contribution >= 0.6 is 0 Å². The predicted molar refractivity (Wildman–Crippen MR) is 91.3 cm³/mol. The minimum absolute atomic E-state index is 0.0934. The second-order valence-electron chi connectivity index (χ2n) is 7.02. The SMILES string of the molecule is CC(C)/C=C1\C[C@@H](S(=O)c2ccccc2)CCC[C@@H]2O[C@]12C. The van der Waals surface area contributed by atoms with Crippen LogP contribution in [0, 0.1) is 5.92 Å². The molecule has 2 fully saturated rings. The molecule has 4 atom stereocenters. The highest BCUT2D eigenvalue weighted by atomic mass is 32.2. The minimum atomic E-state index is -0.935. The van der Waals surface area contributed by atoms with E-state index in [1.165, 1.54) is 5.57 Å². The summed E-state index contributed by atoms with van der Waals surface area (Å²) >= 11 is 0. The number of rotatable bonds is 3. The molecular formula is C19H26O2S. The third kappa shape index (κ3) is 3.21. The van der Waals surface area contributed by atoms with Gasteiger partial charge in [-0.25, -0.2) is 0 Å². The summed E-state index contributed by atoms with van der Waals surface area (Å²) in [6, 6.07) is 9.90. The van der Waals surface area contributed by atoms with Crippen LogP contribution in [0.5, 0.6) is 0 Å². The van der Waals surface area contributed by atoms with Crippen LogP contribution in [0.2, 0.25) is 0 Å². The number of benzene rings is 1. The van der Waals surface area contributed by atoms with Crippen LogP contribution in [0.1, 0.15) is 46.5 Å². The lowest BCUT2D eigenvalue weighted by Gasteiger charge is -2.24. The third-order valence-corrected chi connectivity index (χ3v) is 6.58. The van der Waals surface area contributed by atoms with Crippen LogP contribution < -0.4 is 0 Å². The molecule has 2 aliphatic rings. The lowest BCUT2D eigenvalue weighted by atomic mass is 9.86. The van der Waals surface area contributed by atoms with Crippen molar-refractivity contribution in [1.29, 1.82) is 0 Å². The summed E-state index contributed by atoms with van der Waals surface area (Å²) in [6.45, 7) is 6.62. The first-order chi connectivity index (χ1) is 10.5. The Morgan fingerprint density at radius 3 is 2.68 bits per heavy atom. The molecule has 0 bridgehead atoms. The molecule has 3 rings (SSSR count). The van der Waals surface area contributed by atoms with Gasteiger partial charge in [-0.3, -0.25) is 4.21 Å². The molecule has 0 radical (unpaired) electrons. The highest BCUT2D eigenvalue weighted by Gasteiger charge is 2.55. The van der Waals surface area contributed by atoms with Crippen LogP contribution in [-0.4, -0.2) is 21.2 Å². The molecule has 1 aromatic carbocycles. The van der Waals surface area contributed by atoms with Crippen molar-refractivity contribution in [3.8, 4) is 0 Å². The van der Waals surface area contributed by atoms with Gasteiger partial charge in [-0.15, -0.1) is 0 Å². The summed E-state index contributed by atoms with van der Waals surface area (Å²) in [5.41, 5.74) is 1.27. The Bertz CT molecular complexity index is 578. The van der Waals surface area contributed by atoms with Gasteiger partial charge in [0.15, 0.2) is 0 Å². The van der Waals surface area contributed by atoms with E-state index in [0.717, 1.165) is 30.6 Å². The van der Waals surface area contributed by atoms with E-state index in [1.54, 1.807) is 0 Å². The molecular weight excluding hydrogens is 292 g/mol. The van der Waals surface area contributed by atoms with Crippen LogP contribution in [0.3, 0.4) is 0 Å². The molecule has 1 heterocycles. The zero-order valence-corrected chi connectivity index (χ0v) is 14.6. The molecule has 1 saturated heterocycles. The number of epoxide rings is 1. The van der Waals surface area contributed by atoms with Gasteiger partial charge < -0.3 is 4.74 Å². The maximum atomic E-state index is 13.0. The third-order valence-electron chi connectivity index (χ3n) is 4.83. The van der Waals surface area contributed by atoms with Crippen molar-refractivity contribution in [2.24, 2.45) is 5.92 Å². The average Bonchev–Trinajstić information content (AvgIpc) is 3.14. The van der Waals surface area contributed by atoms with Gasteiger partial charge in [0.05, 0.1) is 16.9 Å². The number of fused-ring (bicyclic) bond motifs is 1. The van der Waals surface area contributed by atoms with Crippen molar-refractivity contribution in [3.05, 3.63) is 42.0 Å². The van der Waals surface area contributed by atoms with Gasteiger partial charge in [-0.05, 0) is 56.2 Å². The summed E-state index contributed by atoms with van der Waals surface area (Å²) in [7, 11) is -0.935. The summed E-state index contributed by atoms with van der Waals surface area (Å²) in [4.78, 5) is 0.954. The normalized spacial score (nSPS) is 34.8. The van der Waals surface area contributed by atoms with Gasteiger partial charge in [-0.1, -0.05) is 38.1 Å². The highest BCUT2D eigenvalue weighted by Crippen LogP contribution is 2.49. The van der Waals surface area contributed by atoms with Crippen LogP contribution in [0.15, 0.2) is 46.9 Å². The standard InChI is InChI=1S/C19H26O2S/c1-14(2)12-15-13-17(10-7-11-18-19(15,3)21-18)22(20)16-8-5-4-6-9-16/h4-6,8-9,12,14,17-18H,7,10-11,13H2,1-3H3/b15-12+/t17-,18-,19+,22?/m0/s1. The molecule has 1 aliphatic heterocycles. The largest absolute Gasteiger partial charge is 0.362 e. The lowest BCUT2D eigenvalue weighted by molar-refractivity contribution is 0.328. The summed E-state index contributed by atoms with van der Waals surface area (Å²) in [5.74, 6) is 0.502. The van der Waals surface area contributed by atoms with E-state index in [9.17, 15) is 4.21 Å². The van der Waals surface area contributed by atoms with E-state index < -0.39 is 10.8 Å². The zero-order valence-electron chi connectivity index (χ0n) is 13.7. The number of hydrogen-bond acceptors (Lipinski definition) is 2. The Morgan fingerprint density at radius 2 is 2.00 bits per heavy atom. The molecule has 0 N–H and O–H groups in total. The van der Waals surface area contributed by atoms with Crippen molar-refractivity contribution < 1.29 is 8.95 Å². The smallest absolute Gasteiger partial charge is 0.113 e. The van der Waals surface area contributed by atoms with Crippen molar-refractivity contribution in [2.45, 2.75) is 68.3 Å². The number of ether oxygens (including phenoxy) is 1. The van der Waals surface area contributed by atoms with Gasteiger partial charge in [0.1, 0.15) is 5.60 Å². The Kier molecular flexibility index (Phi) is 4.56. The molecule has 1 saturated carbocycles. The second-order valence-corrected chi connectivity index (χ2v) is 8.75. The first-order valence-electron chi connectivity index (χ1n) is 8.35. The molecule has 22 heavy (non-hydrogen) atoms. The summed E-state index contributed by atoms with van der Waals surface area (Å²) in [6.07, 6.45) is 6.83. The monoisotopic (exact) mass is 318 g/mol. The average molecular weight is 318 g/mol. The van der Waals surface area contributed by atoms with Crippen molar-refractivity contribution in [3.63, 3.8) is 0 Å². The summed E-state index contributed by atoms with van der Waals surface area (Å²) in [5, 5.41) is 0.203.